The van der Waals surface area contributed by atoms with Crippen molar-refractivity contribution in [1.29, 1.82) is 0 Å². The summed E-state index contributed by atoms with van der Waals surface area (Å²) in [6.07, 6.45) is 8.56. The Hall–Kier alpha value is -0.120. The van der Waals surface area contributed by atoms with Gasteiger partial charge in [0.15, 0.2) is 0 Å². The number of hydrogen-bond donors (Lipinski definition) is 0. The second-order valence-corrected chi connectivity index (χ2v) is 6.39. The minimum Gasteiger partial charge on any atom is -0.296 e. The van der Waals surface area contributed by atoms with Crippen LogP contribution in [-0.2, 0) is 6.54 Å². The molecule has 1 aliphatic rings. The van der Waals surface area contributed by atoms with Crippen LogP contribution in [0.4, 0.5) is 0 Å². The van der Waals surface area contributed by atoms with Gasteiger partial charge in [-0.25, -0.2) is 0 Å². The Morgan fingerprint density at radius 3 is 3.07 bits per heavy atom. The lowest BCUT2D eigenvalue weighted by atomic mass is 10.0. The maximum atomic E-state index is 3.50. The molecule has 0 saturated heterocycles. The Balaban J connectivity index is 1.93. The number of nitrogens with zero attached hydrogens (tertiary/aromatic N) is 1. The third-order valence-electron chi connectivity index (χ3n) is 2.85. The van der Waals surface area contributed by atoms with E-state index >= 15 is 0 Å². The fourth-order valence-corrected chi connectivity index (χ4v) is 3.20. The zero-order valence-electron chi connectivity index (χ0n) is 8.95. The first-order chi connectivity index (χ1) is 7.25. The lowest BCUT2D eigenvalue weighted by Crippen LogP contribution is -2.30. The van der Waals surface area contributed by atoms with Crippen molar-refractivity contribution in [3.63, 3.8) is 0 Å². The van der Waals surface area contributed by atoms with Crippen LogP contribution in [0.5, 0.6) is 0 Å². The van der Waals surface area contributed by atoms with Crippen molar-refractivity contribution < 1.29 is 0 Å². The molecule has 0 bridgehead atoms. The van der Waals surface area contributed by atoms with Crippen molar-refractivity contribution in [2.75, 3.05) is 7.05 Å². The van der Waals surface area contributed by atoms with E-state index in [0.717, 1.165) is 6.54 Å². The van der Waals surface area contributed by atoms with Crippen LogP contribution in [0.15, 0.2) is 27.4 Å². The smallest absolute Gasteiger partial charge is 0.0701 e. The number of thiophene rings is 1. The highest BCUT2D eigenvalue weighted by atomic mass is 79.9. The molecular weight excluding hydrogens is 270 g/mol. The molecule has 0 aromatic carbocycles. The Morgan fingerprint density at radius 1 is 1.60 bits per heavy atom. The van der Waals surface area contributed by atoms with Crippen molar-refractivity contribution in [3.8, 4) is 0 Å². The van der Waals surface area contributed by atoms with Gasteiger partial charge in [0, 0.05) is 12.6 Å². The first-order valence-electron chi connectivity index (χ1n) is 5.35. The van der Waals surface area contributed by atoms with E-state index in [1.165, 1.54) is 28.6 Å². The minimum absolute atomic E-state index is 0.637. The summed E-state index contributed by atoms with van der Waals surface area (Å²) in [5.74, 6) is 0. The number of rotatable bonds is 3. The highest BCUT2D eigenvalue weighted by molar-refractivity contribution is 9.11. The average molecular weight is 286 g/mol. The Bertz CT molecular complexity index is 345. The molecule has 0 fully saturated rings. The van der Waals surface area contributed by atoms with E-state index in [9.17, 15) is 0 Å². The molecule has 0 N–H and O–H groups in total. The first-order valence-corrected chi connectivity index (χ1v) is 7.03. The van der Waals surface area contributed by atoms with Gasteiger partial charge in [0.2, 0.25) is 0 Å². The molecule has 0 radical (unpaired) electrons. The second kappa shape index (κ2) is 5.28. The SMILES string of the molecule is CN(Cc1csc(Br)c1)C1C=CCCC1. The molecule has 0 amide bonds. The number of hydrogen-bond acceptors (Lipinski definition) is 2. The number of halogens is 1. The second-order valence-electron chi connectivity index (χ2n) is 4.10. The highest BCUT2D eigenvalue weighted by Crippen LogP contribution is 2.23. The lowest BCUT2D eigenvalue weighted by Gasteiger charge is -2.27. The molecule has 3 heteroatoms. The zero-order valence-corrected chi connectivity index (χ0v) is 11.4. The average Bonchev–Trinajstić information content (AvgIpc) is 2.65. The van der Waals surface area contributed by atoms with E-state index in [4.69, 9.17) is 0 Å². The van der Waals surface area contributed by atoms with Crippen molar-refractivity contribution in [2.45, 2.75) is 31.8 Å². The van der Waals surface area contributed by atoms with Crippen LogP contribution in [-0.4, -0.2) is 18.0 Å². The van der Waals surface area contributed by atoms with E-state index in [2.05, 4.69) is 51.5 Å². The molecule has 2 rings (SSSR count). The lowest BCUT2D eigenvalue weighted by molar-refractivity contribution is 0.254. The highest BCUT2D eigenvalue weighted by Gasteiger charge is 2.14. The molecule has 1 heterocycles. The molecule has 1 aromatic heterocycles. The van der Waals surface area contributed by atoms with Crippen LogP contribution in [0, 0.1) is 0 Å². The summed E-state index contributed by atoms with van der Waals surface area (Å²) in [6.45, 7) is 1.05. The topological polar surface area (TPSA) is 3.24 Å². The molecule has 1 atom stereocenters. The molecule has 0 saturated carbocycles. The maximum Gasteiger partial charge on any atom is 0.0701 e. The molecular formula is C12H16BrNS. The van der Waals surface area contributed by atoms with Crippen LogP contribution < -0.4 is 0 Å². The summed E-state index contributed by atoms with van der Waals surface area (Å²) >= 11 is 5.27. The third kappa shape index (κ3) is 3.16. The van der Waals surface area contributed by atoms with Crippen molar-refractivity contribution in [2.24, 2.45) is 0 Å². The Labute approximate surface area is 104 Å². The molecule has 15 heavy (non-hydrogen) atoms. The third-order valence-corrected chi connectivity index (χ3v) is 4.40. The van der Waals surface area contributed by atoms with E-state index < -0.39 is 0 Å². The van der Waals surface area contributed by atoms with E-state index in [1.54, 1.807) is 11.3 Å². The predicted molar refractivity (Wildman–Crippen MR) is 70.3 cm³/mol. The zero-order chi connectivity index (χ0) is 10.7. The standard InChI is InChI=1S/C12H16BrNS/c1-14(11-5-3-2-4-6-11)8-10-7-12(13)15-9-10/h3,5,7,9,11H,2,4,6,8H2,1H3. The summed E-state index contributed by atoms with van der Waals surface area (Å²) in [7, 11) is 2.21. The number of likely N-dealkylation sites (N-methyl/N-ethyl adjacent to an activating group) is 1. The minimum atomic E-state index is 0.637. The Kier molecular flexibility index (Phi) is 4.00. The van der Waals surface area contributed by atoms with Crippen LogP contribution in [0.2, 0.25) is 0 Å². The van der Waals surface area contributed by atoms with Gasteiger partial charge in [0.05, 0.1) is 3.79 Å². The Morgan fingerprint density at radius 2 is 2.47 bits per heavy atom. The predicted octanol–water partition coefficient (Wildman–Crippen LogP) is 4.05. The maximum absolute atomic E-state index is 3.50. The van der Waals surface area contributed by atoms with Crippen LogP contribution in [0.25, 0.3) is 0 Å². The van der Waals surface area contributed by atoms with Crippen molar-refractivity contribution >= 4 is 27.3 Å². The summed E-state index contributed by atoms with van der Waals surface area (Å²) in [6, 6.07) is 2.85. The van der Waals surface area contributed by atoms with E-state index in [0.29, 0.717) is 6.04 Å². The largest absolute Gasteiger partial charge is 0.296 e. The van der Waals surface area contributed by atoms with Crippen molar-refractivity contribution in [1.82, 2.24) is 4.90 Å². The normalized spacial score (nSPS) is 21.1. The van der Waals surface area contributed by atoms with Gasteiger partial charge in [-0.15, -0.1) is 11.3 Å². The van der Waals surface area contributed by atoms with Gasteiger partial charge >= 0.3 is 0 Å². The monoisotopic (exact) mass is 285 g/mol. The molecule has 0 aliphatic heterocycles. The van der Waals surface area contributed by atoms with Crippen LogP contribution >= 0.6 is 27.3 Å². The quantitative estimate of drug-likeness (QED) is 0.758. The van der Waals surface area contributed by atoms with Crippen LogP contribution in [0.1, 0.15) is 24.8 Å². The van der Waals surface area contributed by atoms with Gasteiger partial charge in [-0.1, -0.05) is 12.2 Å². The summed E-state index contributed by atoms with van der Waals surface area (Å²) in [5, 5.41) is 2.23. The summed E-state index contributed by atoms with van der Waals surface area (Å²) in [5.41, 5.74) is 1.41. The van der Waals surface area contributed by atoms with Gasteiger partial charge in [-0.05, 0) is 59.2 Å². The van der Waals surface area contributed by atoms with Gasteiger partial charge < -0.3 is 0 Å². The van der Waals surface area contributed by atoms with E-state index in [-0.39, 0.29) is 0 Å². The first kappa shape index (κ1) is 11.4. The molecule has 1 aromatic rings. The molecule has 1 nitrogen and oxygen atoms in total. The van der Waals surface area contributed by atoms with Crippen molar-refractivity contribution in [3.05, 3.63) is 32.9 Å². The molecule has 0 spiro atoms. The van der Waals surface area contributed by atoms with Gasteiger partial charge in [-0.3, -0.25) is 4.90 Å². The fourth-order valence-electron chi connectivity index (χ4n) is 2.00. The number of allylic oxidation sites excluding steroid dienone is 1. The molecule has 1 unspecified atom stereocenters. The van der Waals surface area contributed by atoms with E-state index in [1.807, 2.05) is 0 Å². The summed E-state index contributed by atoms with van der Waals surface area (Å²) < 4.78 is 1.23. The molecule has 82 valence electrons. The van der Waals surface area contributed by atoms with Gasteiger partial charge in [0.1, 0.15) is 0 Å². The molecule has 1 aliphatic carbocycles. The summed E-state index contributed by atoms with van der Waals surface area (Å²) in [4.78, 5) is 2.43. The van der Waals surface area contributed by atoms with Gasteiger partial charge in [-0.2, -0.15) is 0 Å². The van der Waals surface area contributed by atoms with Crippen LogP contribution in [0.3, 0.4) is 0 Å². The fraction of sp³-hybridized carbons (Fsp3) is 0.500. The van der Waals surface area contributed by atoms with Gasteiger partial charge in [0.25, 0.3) is 0 Å².